The van der Waals surface area contributed by atoms with E-state index in [-0.39, 0.29) is 42.9 Å². The summed E-state index contributed by atoms with van der Waals surface area (Å²) in [5.41, 5.74) is 0.191. The molecule has 0 aliphatic heterocycles. The molecule has 0 saturated heterocycles. The van der Waals surface area contributed by atoms with Gasteiger partial charge >= 0.3 is 17.9 Å². The average molecular weight is 689 g/mol. The first kappa shape index (κ1) is 44.5. The molecule has 1 unspecified atom stereocenters. The second-order valence-corrected chi connectivity index (χ2v) is 13.9. The van der Waals surface area contributed by atoms with Crippen LogP contribution in [0.2, 0.25) is 0 Å². The smallest absolute Gasteiger partial charge is 0.338 e. The number of phenolic OH excluding ortho intramolecular Hbond substituents is 1. The van der Waals surface area contributed by atoms with E-state index < -0.39 is 12.1 Å². The second-order valence-electron chi connectivity index (χ2n) is 13.9. The molecule has 0 aliphatic carbocycles. The summed E-state index contributed by atoms with van der Waals surface area (Å²) < 4.78 is 16.4. The van der Waals surface area contributed by atoms with E-state index in [0.717, 1.165) is 38.5 Å². The molecule has 1 aromatic carbocycles. The number of hydrogen-bond acceptors (Lipinski definition) is 7. The third-order valence-corrected chi connectivity index (χ3v) is 9.18. The molecule has 1 N–H and O–H groups in total. The largest absolute Gasteiger partial charge is 0.508 e. The molecule has 49 heavy (non-hydrogen) atoms. The summed E-state index contributed by atoms with van der Waals surface area (Å²) in [6.07, 6.45) is 31.7. The summed E-state index contributed by atoms with van der Waals surface area (Å²) in [4.78, 5) is 37.6. The topological polar surface area (TPSA) is 99.1 Å². The molecule has 0 heterocycles. The SMILES string of the molecule is CCCCCCCCCCCCCCCC(=O)OCC(COC(=O)c1cccc(O)c1)OC(=O)CCCCCCCCCCCCCCC. The number of phenols is 1. The Hall–Kier alpha value is -2.57. The number of hydrogen-bond donors (Lipinski definition) is 1. The Labute approximate surface area is 299 Å². The summed E-state index contributed by atoms with van der Waals surface area (Å²) in [7, 11) is 0. The van der Waals surface area contributed by atoms with Crippen LogP contribution in [0.5, 0.6) is 5.75 Å². The van der Waals surface area contributed by atoms with E-state index in [1.54, 1.807) is 6.07 Å². The molecule has 7 heteroatoms. The van der Waals surface area contributed by atoms with Gasteiger partial charge in [0.1, 0.15) is 19.0 Å². The van der Waals surface area contributed by atoms with Crippen molar-refractivity contribution in [2.24, 2.45) is 0 Å². The monoisotopic (exact) mass is 689 g/mol. The normalized spacial score (nSPS) is 11.7. The number of carbonyl (C=O) groups excluding carboxylic acids is 3. The lowest BCUT2D eigenvalue weighted by Crippen LogP contribution is -2.31. The van der Waals surface area contributed by atoms with Gasteiger partial charge in [0.2, 0.25) is 0 Å². The number of unbranched alkanes of at least 4 members (excludes halogenated alkanes) is 24. The molecule has 0 aliphatic rings. The molecule has 7 nitrogen and oxygen atoms in total. The van der Waals surface area contributed by atoms with Gasteiger partial charge in [0, 0.05) is 12.8 Å². The Morgan fingerprint density at radius 1 is 0.531 bits per heavy atom. The number of esters is 3. The molecule has 0 amide bonds. The molecule has 1 rings (SSSR count). The van der Waals surface area contributed by atoms with Crippen LogP contribution >= 0.6 is 0 Å². The minimum atomic E-state index is -0.883. The zero-order valence-electron chi connectivity index (χ0n) is 31.5. The fraction of sp³-hybridized carbons (Fsp3) is 0.786. The van der Waals surface area contributed by atoms with E-state index in [9.17, 15) is 19.5 Å². The quantitative estimate of drug-likeness (QED) is 0.0437. The Kier molecular flexibility index (Phi) is 29.6. The standard InChI is InChI=1S/C42H72O7/c1-3-5-7-9-11-13-15-17-19-21-23-25-27-32-40(44)47-35-39(36-48-42(46)37-30-29-31-38(43)34-37)49-41(45)33-28-26-24-22-20-18-16-14-12-10-8-6-4-2/h29-31,34,39,43H,3-28,32-33,35-36H2,1-2H3. The van der Waals surface area contributed by atoms with Crippen molar-refractivity contribution >= 4 is 17.9 Å². The maximum atomic E-state index is 12.6. The number of aromatic hydroxyl groups is 1. The molecular weight excluding hydrogens is 616 g/mol. The highest BCUT2D eigenvalue weighted by Crippen LogP contribution is 2.16. The van der Waals surface area contributed by atoms with Gasteiger partial charge in [-0.2, -0.15) is 0 Å². The van der Waals surface area contributed by atoms with E-state index in [2.05, 4.69) is 13.8 Å². The fourth-order valence-electron chi connectivity index (χ4n) is 6.08. The minimum Gasteiger partial charge on any atom is -0.508 e. The lowest BCUT2D eigenvalue weighted by molar-refractivity contribution is -0.161. The minimum absolute atomic E-state index is 0.0441. The van der Waals surface area contributed by atoms with E-state index >= 15 is 0 Å². The van der Waals surface area contributed by atoms with Crippen molar-refractivity contribution < 1.29 is 33.7 Å². The first-order valence-corrected chi connectivity index (χ1v) is 20.3. The van der Waals surface area contributed by atoms with Crippen molar-refractivity contribution in [3.05, 3.63) is 29.8 Å². The zero-order chi connectivity index (χ0) is 35.6. The Morgan fingerprint density at radius 3 is 1.35 bits per heavy atom. The summed E-state index contributed by atoms with van der Waals surface area (Å²) in [6.45, 7) is 4.11. The summed E-state index contributed by atoms with van der Waals surface area (Å²) in [5, 5.41) is 9.68. The zero-order valence-corrected chi connectivity index (χ0v) is 31.5. The van der Waals surface area contributed by atoms with Gasteiger partial charge < -0.3 is 19.3 Å². The molecule has 0 radical (unpaired) electrons. The highest BCUT2D eigenvalue weighted by atomic mass is 16.6. The van der Waals surface area contributed by atoms with Crippen LogP contribution in [0.25, 0.3) is 0 Å². The Morgan fingerprint density at radius 2 is 0.918 bits per heavy atom. The Bertz CT molecular complexity index is 947. The fourth-order valence-corrected chi connectivity index (χ4v) is 6.08. The summed E-state index contributed by atoms with van der Waals surface area (Å²) >= 11 is 0. The molecular formula is C42H72O7. The van der Waals surface area contributed by atoms with Crippen LogP contribution < -0.4 is 0 Å². The summed E-state index contributed by atoms with van der Waals surface area (Å²) in [5.74, 6) is -1.40. The van der Waals surface area contributed by atoms with Gasteiger partial charge in [0.05, 0.1) is 5.56 Å². The van der Waals surface area contributed by atoms with Crippen molar-refractivity contribution in [1.29, 1.82) is 0 Å². The van der Waals surface area contributed by atoms with Gasteiger partial charge in [-0.05, 0) is 31.0 Å². The molecule has 0 fully saturated rings. The lowest BCUT2D eigenvalue weighted by Gasteiger charge is -2.18. The van der Waals surface area contributed by atoms with Gasteiger partial charge in [-0.1, -0.05) is 174 Å². The molecule has 1 atom stereocenters. The number of benzene rings is 1. The molecule has 0 spiro atoms. The van der Waals surface area contributed by atoms with Crippen LogP contribution in [0.15, 0.2) is 24.3 Å². The van der Waals surface area contributed by atoms with Gasteiger partial charge in [-0.25, -0.2) is 4.79 Å². The van der Waals surface area contributed by atoms with Gasteiger partial charge in [-0.15, -0.1) is 0 Å². The van der Waals surface area contributed by atoms with Crippen LogP contribution in [0, 0.1) is 0 Å². The summed E-state index contributed by atoms with van der Waals surface area (Å²) in [6, 6.07) is 5.87. The number of rotatable bonds is 34. The number of carbonyl (C=O) groups is 3. The molecule has 0 saturated carbocycles. The van der Waals surface area contributed by atoms with Crippen LogP contribution in [0.4, 0.5) is 0 Å². The third kappa shape index (κ3) is 27.9. The molecule has 282 valence electrons. The maximum Gasteiger partial charge on any atom is 0.338 e. The van der Waals surface area contributed by atoms with Gasteiger partial charge in [0.15, 0.2) is 6.10 Å². The van der Waals surface area contributed by atoms with Gasteiger partial charge in [-0.3, -0.25) is 9.59 Å². The first-order chi connectivity index (χ1) is 24.0. The van der Waals surface area contributed by atoms with Crippen LogP contribution in [0.3, 0.4) is 0 Å². The van der Waals surface area contributed by atoms with Crippen LogP contribution in [-0.4, -0.2) is 42.3 Å². The van der Waals surface area contributed by atoms with Crippen molar-refractivity contribution in [3.8, 4) is 5.75 Å². The predicted molar refractivity (Wildman–Crippen MR) is 200 cm³/mol. The first-order valence-electron chi connectivity index (χ1n) is 20.3. The molecule has 0 aromatic heterocycles. The highest BCUT2D eigenvalue weighted by Gasteiger charge is 2.20. The average Bonchev–Trinajstić information content (AvgIpc) is 3.09. The van der Waals surface area contributed by atoms with E-state index in [4.69, 9.17) is 14.2 Å². The Balaban J connectivity index is 2.28. The van der Waals surface area contributed by atoms with Crippen molar-refractivity contribution in [2.45, 2.75) is 200 Å². The van der Waals surface area contributed by atoms with E-state index in [0.29, 0.717) is 6.42 Å². The maximum absolute atomic E-state index is 12.6. The van der Waals surface area contributed by atoms with Crippen LogP contribution in [0.1, 0.15) is 204 Å². The highest BCUT2D eigenvalue weighted by molar-refractivity contribution is 5.89. The van der Waals surface area contributed by atoms with Crippen LogP contribution in [-0.2, 0) is 23.8 Å². The lowest BCUT2D eigenvalue weighted by atomic mass is 10.0. The third-order valence-electron chi connectivity index (χ3n) is 9.18. The second kappa shape index (κ2) is 32.6. The number of ether oxygens (including phenoxy) is 3. The van der Waals surface area contributed by atoms with E-state index in [1.165, 1.54) is 147 Å². The van der Waals surface area contributed by atoms with Crippen molar-refractivity contribution in [1.82, 2.24) is 0 Å². The molecule has 1 aromatic rings. The predicted octanol–water partition coefficient (Wildman–Crippen LogP) is 12.0. The van der Waals surface area contributed by atoms with Gasteiger partial charge in [0.25, 0.3) is 0 Å². The molecule has 0 bridgehead atoms. The van der Waals surface area contributed by atoms with Crippen molar-refractivity contribution in [2.75, 3.05) is 13.2 Å². The van der Waals surface area contributed by atoms with Crippen molar-refractivity contribution in [3.63, 3.8) is 0 Å². The van der Waals surface area contributed by atoms with E-state index in [1.807, 2.05) is 0 Å².